The van der Waals surface area contributed by atoms with Crippen LogP contribution >= 0.6 is 11.8 Å². The molecule has 0 aromatic heterocycles. The number of nitrogens with two attached hydrogens (primary N) is 1. The summed E-state index contributed by atoms with van der Waals surface area (Å²) in [5.41, 5.74) is 5.69. The summed E-state index contributed by atoms with van der Waals surface area (Å²) in [6, 6.07) is -1.04. The van der Waals surface area contributed by atoms with Gasteiger partial charge in [0.25, 0.3) is 0 Å². The summed E-state index contributed by atoms with van der Waals surface area (Å²) in [4.78, 5) is 30.7. The van der Waals surface area contributed by atoms with Gasteiger partial charge in [-0.05, 0) is 19.9 Å². The van der Waals surface area contributed by atoms with Crippen LogP contribution in [0.25, 0.3) is 0 Å². The van der Waals surface area contributed by atoms with Crippen LogP contribution in [0.1, 0.15) is 12.8 Å². The van der Waals surface area contributed by atoms with Crippen LogP contribution in [0.3, 0.4) is 0 Å². The molecule has 3 saturated heterocycles. The topological polar surface area (TPSA) is 102 Å². The molecule has 1 spiro atoms. The quantitative estimate of drug-likeness (QED) is 0.533. The Kier molecular flexibility index (Phi) is 5.89. The lowest BCUT2D eigenvalue weighted by Crippen LogP contribution is -2.60. The molecule has 0 aliphatic carbocycles. The number of amides is 2. The van der Waals surface area contributed by atoms with Gasteiger partial charge in [-0.3, -0.25) is 14.9 Å². The highest BCUT2D eigenvalue weighted by molar-refractivity contribution is 8.01. The van der Waals surface area contributed by atoms with Gasteiger partial charge in [-0.1, -0.05) is 0 Å². The van der Waals surface area contributed by atoms with Crippen molar-refractivity contribution in [1.82, 2.24) is 20.0 Å². The number of piperidine rings is 1. The van der Waals surface area contributed by atoms with Crippen molar-refractivity contribution in [3.8, 4) is 0 Å². The van der Waals surface area contributed by atoms with Crippen LogP contribution < -0.4 is 11.1 Å². The van der Waals surface area contributed by atoms with E-state index in [2.05, 4.69) is 17.3 Å². The molecular formula is C16H29N5O3S. The van der Waals surface area contributed by atoms with Crippen molar-refractivity contribution in [1.29, 1.82) is 0 Å². The van der Waals surface area contributed by atoms with Crippen LogP contribution in [-0.4, -0.2) is 107 Å². The van der Waals surface area contributed by atoms with Crippen molar-refractivity contribution in [2.75, 3.05) is 58.7 Å². The standard InChI is InChI=1S/C16H29N5O3S/c1-19-5-7-20(8-6-19)15(24)13-10-25-16(18-13)3-2-4-21(11-16)14(23)12(17)9-22/h12-13,18,22H,2-11,17H2,1H3/t12-,13-,16?/m0/s1. The molecule has 0 bridgehead atoms. The van der Waals surface area contributed by atoms with E-state index in [4.69, 9.17) is 10.8 Å². The first-order chi connectivity index (χ1) is 11.9. The van der Waals surface area contributed by atoms with E-state index in [-0.39, 0.29) is 29.3 Å². The summed E-state index contributed by atoms with van der Waals surface area (Å²) in [6.07, 6.45) is 1.81. The molecule has 3 rings (SSSR count). The van der Waals surface area contributed by atoms with Gasteiger partial charge in [-0.2, -0.15) is 0 Å². The zero-order chi connectivity index (χ0) is 18.0. The Balaban J connectivity index is 1.59. The van der Waals surface area contributed by atoms with Gasteiger partial charge in [0.2, 0.25) is 11.8 Å². The Morgan fingerprint density at radius 1 is 1.28 bits per heavy atom. The number of aliphatic hydroxyl groups is 1. The van der Waals surface area contributed by atoms with E-state index in [1.54, 1.807) is 16.7 Å². The molecule has 142 valence electrons. The van der Waals surface area contributed by atoms with E-state index in [0.29, 0.717) is 13.1 Å². The number of hydrogen-bond donors (Lipinski definition) is 3. The van der Waals surface area contributed by atoms with E-state index in [1.165, 1.54) is 0 Å². The molecule has 0 aromatic rings. The molecule has 2 amide bonds. The fraction of sp³-hybridized carbons (Fsp3) is 0.875. The second kappa shape index (κ2) is 7.79. The molecule has 0 aromatic carbocycles. The van der Waals surface area contributed by atoms with Crippen molar-refractivity contribution in [2.45, 2.75) is 29.8 Å². The molecular weight excluding hydrogens is 342 g/mol. The number of carbonyl (C=O) groups excluding carboxylic acids is 2. The van der Waals surface area contributed by atoms with Gasteiger partial charge in [0.15, 0.2) is 0 Å². The molecule has 8 nitrogen and oxygen atoms in total. The SMILES string of the molecule is CN1CCN(C(=O)[C@@H]2CSC3(CCCN(C(=O)[C@@H](N)CO)C3)N2)CC1. The molecule has 3 fully saturated rings. The largest absolute Gasteiger partial charge is 0.394 e. The number of aliphatic hydroxyl groups excluding tert-OH is 1. The molecule has 3 aliphatic rings. The molecule has 0 saturated carbocycles. The van der Waals surface area contributed by atoms with Gasteiger partial charge in [-0.25, -0.2) is 0 Å². The number of hydrogen-bond acceptors (Lipinski definition) is 7. The highest BCUT2D eigenvalue weighted by atomic mass is 32.2. The minimum atomic E-state index is -0.857. The number of piperazine rings is 1. The Morgan fingerprint density at radius 3 is 2.68 bits per heavy atom. The van der Waals surface area contributed by atoms with Crippen molar-refractivity contribution < 1.29 is 14.7 Å². The molecule has 25 heavy (non-hydrogen) atoms. The van der Waals surface area contributed by atoms with Crippen LogP contribution in [0, 0.1) is 0 Å². The molecule has 9 heteroatoms. The minimum absolute atomic E-state index is 0.174. The third-order valence-electron chi connectivity index (χ3n) is 5.36. The molecule has 3 atom stereocenters. The first kappa shape index (κ1) is 18.9. The van der Waals surface area contributed by atoms with E-state index < -0.39 is 6.04 Å². The molecule has 3 heterocycles. The minimum Gasteiger partial charge on any atom is -0.394 e. The Morgan fingerprint density at radius 2 is 2.00 bits per heavy atom. The second-order valence-electron chi connectivity index (χ2n) is 7.28. The van der Waals surface area contributed by atoms with Crippen LogP contribution in [0.15, 0.2) is 0 Å². The van der Waals surface area contributed by atoms with E-state index >= 15 is 0 Å². The fourth-order valence-corrected chi connectivity index (χ4v) is 5.26. The van der Waals surface area contributed by atoms with Crippen LogP contribution in [0.5, 0.6) is 0 Å². The Labute approximate surface area is 153 Å². The average Bonchev–Trinajstić information content (AvgIpc) is 3.03. The summed E-state index contributed by atoms with van der Waals surface area (Å²) in [5.74, 6) is 0.699. The number of nitrogens with one attached hydrogen (secondary N) is 1. The zero-order valence-corrected chi connectivity index (χ0v) is 15.6. The fourth-order valence-electron chi connectivity index (χ4n) is 3.78. The summed E-state index contributed by atoms with van der Waals surface area (Å²) in [5, 5.41) is 12.6. The summed E-state index contributed by atoms with van der Waals surface area (Å²) in [6.45, 7) is 4.25. The highest BCUT2D eigenvalue weighted by Gasteiger charge is 2.46. The first-order valence-corrected chi connectivity index (χ1v) is 9.97. The number of carbonyl (C=O) groups is 2. The van der Waals surface area contributed by atoms with Crippen molar-refractivity contribution >= 4 is 23.6 Å². The van der Waals surface area contributed by atoms with Gasteiger partial charge < -0.3 is 25.5 Å². The van der Waals surface area contributed by atoms with Crippen molar-refractivity contribution in [3.05, 3.63) is 0 Å². The van der Waals surface area contributed by atoms with Crippen LogP contribution in [0.4, 0.5) is 0 Å². The number of likely N-dealkylation sites (tertiary alicyclic amines) is 1. The molecule has 0 radical (unpaired) electrons. The zero-order valence-electron chi connectivity index (χ0n) is 14.8. The number of thioether (sulfide) groups is 1. The van der Waals surface area contributed by atoms with Gasteiger partial charge in [0.05, 0.1) is 17.5 Å². The lowest BCUT2D eigenvalue weighted by molar-refractivity contribution is -0.135. The van der Waals surface area contributed by atoms with E-state index in [9.17, 15) is 9.59 Å². The van der Waals surface area contributed by atoms with E-state index in [0.717, 1.165) is 44.8 Å². The Hall–Kier alpha value is -0.870. The van der Waals surface area contributed by atoms with E-state index in [1.807, 2.05) is 4.90 Å². The lowest BCUT2D eigenvalue weighted by Gasteiger charge is -2.41. The van der Waals surface area contributed by atoms with Gasteiger partial charge >= 0.3 is 0 Å². The first-order valence-electron chi connectivity index (χ1n) is 8.98. The molecule has 3 aliphatic heterocycles. The van der Waals surface area contributed by atoms with Crippen LogP contribution in [0.2, 0.25) is 0 Å². The van der Waals surface area contributed by atoms with Gasteiger partial charge in [0.1, 0.15) is 6.04 Å². The maximum Gasteiger partial charge on any atom is 0.241 e. The summed E-state index contributed by atoms with van der Waals surface area (Å²) < 4.78 is 0. The normalized spacial score (nSPS) is 32.2. The van der Waals surface area contributed by atoms with Gasteiger partial charge in [0, 0.05) is 45.0 Å². The predicted octanol–water partition coefficient (Wildman–Crippen LogP) is -1.90. The smallest absolute Gasteiger partial charge is 0.241 e. The number of likely N-dealkylation sites (N-methyl/N-ethyl adjacent to an activating group) is 1. The molecule has 4 N–H and O–H groups in total. The highest BCUT2D eigenvalue weighted by Crippen LogP contribution is 2.38. The summed E-state index contributed by atoms with van der Waals surface area (Å²) in [7, 11) is 2.07. The van der Waals surface area contributed by atoms with Crippen LogP contribution in [-0.2, 0) is 9.59 Å². The second-order valence-corrected chi connectivity index (χ2v) is 8.69. The third kappa shape index (κ3) is 4.11. The monoisotopic (exact) mass is 371 g/mol. The van der Waals surface area contributed by atoms with Gasteiger partial charge in [-0.15, -0.1) is 11.8 Å². The number of nitrogens with zero attached hydrogens (tertiary/aromatic N) is 3. The maximum absolute atomic E-state index is 12.8. The molecule has 1 unspecified atom stereocenters. The summed E-state index contributed by atoms with van der Waals surface area (Å²) >= 11 is 1.74. The van der Waals surface area contributed by atoms with Crippen molar-refractivity contribution in [2.24, 2.45) is 5.73 Å². The lowest BCUT2D eigenvalue weighted by atomic mass is 10.0. The third-order valence-corrected chi connectivity index (χ3v) is 6.86. The average molecular weight is 372 g/mol. The predicted molar refractivity (Wildman–Crippen MR) is 97.1 cm³/mol. The van der Waals surface area contributed by atoms with Crippen molar-refractivity contribution in [3.63, 3.8) is 0 Å². The maximum atomic E-state index is 12.8. The Bertz CT molecular complexity index is 514. The number of rotatable bonds is 3.